The van der Waals surface area contributed by atoms with E-state index in [0.717, 1.165) is 5.56 Å². The fraction of sp³-hybridized carbons (Fsp3) is 0.231. The normalized spacial score (nSPS) is 11.3. The Morgan fingerprint density at radius 1 is 1.25 bits per heavy atom. The number of hydrogen-bond acceptors (Lipinski definition) is 2. The fourth-order valence-electron chi connectivity index (χ4n) is 1.69. The predicted molar refractivity (Wildman–Crippen MR) is 66.7 cm³/mol. The first-order valence-corrected chi connectivity index (χ1v) is 5.86. The topological polar surface area (TPSA) is 46.9 Å². The van der Waals surface area contributed by atoms with E-state index in [9.17, 15) is 18.0 Å². The van der Waals surface area contributed by atoms with E-state index >= 15 is 0 Å². The van der Waals surface area contributed by atoms with Gasteiger partial charge in [-0.1, -0.05) is 30.3 Å². The molecular weight excluding hydrogens is 271 g/mol. The van der Waals surface area contributed by atoms with E-state index in [1.165, 1.54) is 10.8 Å². The molecule has 1 amide bonds. The number of carbonyl (C=O) groups is 1. The maximum absolute atomic E-state index is 12.0. The third kappa shape index (κ3) is 3.84. The lowest BCUT2D eigenvalue weighted by Crippen LogP contribution is -2.35. The Morgan fingerprint density at radius 2 is 1.95 bits per heavy atom. The van der Waals surface area contributed by atoms with Crippen LogP contribution >= 0.6 is 0 Å². The van der Waals surface area contributed by atoms with E-state index in [2.05, 4.69) is 4.98 Å². The maximum atomic E-state index is 12.0. The first-order chi connectivity index (χ1) is 9.46. The van der Waals surface area contributed by atoms with E-state index in [4.69, 9.17) is 0 Å². The Hall–Kier alpha value is -2.31. The number of nitrogens with one attached hydrogen (secondary N) is 1. The molecular formula is C13H12F3N3O. The zero-order valence-corrected chi connectivity index (χ0v) is 10.4. The first-order valence-electron chi connectivity index (χ1n) is 5.86. The number of imidazole rings is 1. The van der Waals surface area contributed by atoms with Crippen molar-refractivity contribution < 1.29 is 18.0 Å². The van der Waals surface area contributed by atoms with Gasteiger partial charge in [0.1, 0.15) is 18.9 Å². The first kappa shape index (κ1) is 14.1. The fourth-order valence-corrected chi connectivity index (χ4v) is 1.69. The second kappa shape index (κ2) is 5.77. The van der Waals surface area contributed by atoms with Gasteiger partial charge in [0.2, 0.25) is 5.91 Å². The Kier molecular flexibility index (Phi) is 4.07. The van der Waals surface area contributed by atoms with Crippen LogP contribution in [0.5, 0.6) is 0 Å². The SMILES string of the molecule is O=C(Cn1ccnc1-c1ccccc1)NCC(F)(F)F. The van der Waals surface area contributed by atoms with E-state index in [1.54, 1.807) is 6.20 Å². The molecule has 20 heavy (non-hydrogen) atoms. The Bertz CT molecular complexity index is 578. The molecule has 1 aromatic heterocycles. The van der Waals surface area contributed by atoms with Gasteiger partial charge in [-0.2, -0.15) is 13.2 Å². The molecule has 7 heteroatoms. The summed E-state index contributed by atoms with van der Waals surface area (Å²) in [6.45, 7) is -1.54. The molecule has 0 unspecified atom stereocenters. The largest absolute Gasteiger partial charge is 0.405 e. The summed E-state index contributed by atoms with van der Waals surface area (Å²) in [7, 11) is 0. The van der Waals surface area contributed by atoms with E-state index in [1.807, 2.05) is 35.6 Å². The average molecular weight is 283 g/mol. The molecule has 0 aliphatic carbocycles. The molecule has 0 aliphatic rings. The predicted octanol–water partition coefficient (Wildman–Crippen LogP) is 2.23. The van der Waals surface area contributed by atoms with Crippen molar-refractivity contribution in [2.75, 3.05) is 6.54 Å². The lowest BCUT2D eigenvalue weighted by Gasteiger charge is -2.10. The molecule has 106 valence electrons. The van der Waals surface area contributed by atoms with Gasteiger partial charge < -0.3 is 9.88 Å². The van der Waals surface area contributed by atoms with Crippen LogP contribution in [0.4, 0.5) is 13.2 Å². The average Bonchev–Trinajstić information content (AvgIpc) is 2.85. The van der Waals surface area contributed by atoms with Crippen molar-refractivity contribution >= 4 is 5.91 Å². The molecule has 2 rings (SSSR count). The lowest BCUT2D eigenvalue weighted by atomic mass is 10.2. The highest BCUT2D eigenvalue weighted by molar-refractivity contribution is 5.76. The second-order valence-electron chi connectivity index (χ2n) is 4.14. The standard InChI is InChI=1S/C13H12F3N3O/c14-13(15,16)9-18-11(20)8-19-7-6-17-12(19)10-4-2-1-3-5-10/h1-7H,8-9H2,(H,18,20). The van der Waals surface area contributed by atoms with Crippen molar-refractivity contribution in [3.05, 3.63) is 42.7 Å². The summed E-state index contributed by atoms with van der Waals surface area (Å²) in [6.07, 6.45) is -1.36. The number of halogens is 3. The number of alkyl halides is 3. The number of hydrogen-bond donors (Lipinski definition) is 1. The molecule has 1 N–H and O–H groups in total. The molecule has 0 aliphatic heterocycles. The minimum Gasteiger partial charge on any atom is -0.345 e. The lowest BCUT2D eigenvalue weighted by molar-refractivity contribution is -0.138. The van der Waals surface area contributed by atoms with Crippen molar-refractivity contribution in [1.29, 1.82) is 0 Å². The number of carbonyl (C=O) groups excluding carboxylic acids is 1. The highest BCUT2D eigenvalue weighted by atomic mass is 19.4. The van der Waals surface area contributed by atoms with E-state index < -0.39 is 18.6 Å². The number of benzene rings is 1. The quantitative estimate of drug-likeness (QED) is 0.935. The van der Waals surface area contributed by atoms with Crippen LogP contribution in [0.3, 0.4) is 0 Å². The molecule has 0 fully saturated rings. The van der Waals surface area contributed by atoms with Crippen LogP contribution in [0.25, 0.3) is 11.4 Å². The van der Waals surface area contributed by atoms with Crippen LogP contribution in [-0.4, -0.2) is 28.2 Å². The third-order valence-corrected chi connectivity index (χ3v) is 2.55. The molecule has 1 heterocycles. The van der Waals surface area contributed by atoms with Gasteiger partial charge in [0.25, 0.3) is 0 Å². The third-order valence-electron chi connectivity index (χ3n) is 2.55. The van der Waals surface area contributed by atoms with Crippen molar-refractivity contribution in [1.82, 2.24) is 14.9 Å². The van der Waals surface area contributed by atoms with Gasteiger partial charge in [0.05, 0.1) is 0 Å². The van der Waals surface area contributed by atoms with Crippen LogP contribution in [0.1, 0.15) is 0 Å². The summed E-state index contributed by atoms with van der Waals surface area (Å²) in [5, 5.41) is 1.83. The number of rotatable bonds is 4. The Labute approximate surface area is 113 Å². The minimum atomic E-state index is -4.41. The molecule has 0 radical (unpaired) electrons. The van der Waals surface area contributed by atoms with Crippen molar-refractivity contribution in [3.8, 4) is 11.4 Å². The van der Waals surface area contributed by atoms with Crippen LogP contribution in [-0.2, 0) is 11.3 Å². The Balaban J connectivity index is 2.04. The van der Waals surface area contributed by atoms with Crippen LogP contribution in [0.15, 0.2) is 42.7 Å². The van der Waals surface area contributed by atoms with Gasteiger partial charge in [-0.05, 0) is 0 Å². The smallest absolute Gasteiger partial charge is 0.345 e. The molecule has 0 bridgehead atoms. The minimum absolute atomic E-state index is 0.208. The molecule has 1 aromatic carbocycles. The summed E-state index contributed by atoms with van der Waals surface area (Å²) in [5.74, 6) is -0.176. The van der Waals surface area contributed by atoms with E-state index in [-0.39, 0.29) is 6.54 Å². The molecule has 0 spiro atoms. The monoisotopic (exact) mass is 283 g/mol. The van der Waals surface area contributed by atoms with E-state index in [0.29, 0.717) is 5.82 Å². The second-order valence-corrected chi connectivity index (χ2v) is 4.14. The molecule has 4 nitrogen and oxygen atoms in total. The summed E-state index contributed by atoms with van der Waals surface area (Å²) >= 11 is 0. The summed E-state index contributed by atoms with van der Waals surface area (Å²) in [4.78, 5) is 15.6. The maximum Gasteiger partial charge on any atom is 0.405 e. The number of nitrogens with zero attached hydrogens (tertiary/aromatic N) is 2. The summed E-state index contributed by atoms with van der Waals surface area (Å²) < 4.78 is 37.5. The van der Waals surface area contributed by atoms with Gasteiger partial charge in [0, 0.05) is 18.0 Å². The molecule has 0 saturated heterocycles. The number of amides is 1. The van der Waals surface area contributed by atoms with Crippen molar-refractivity contribution in [3.63, 3.8) is 0 Å². The van der Waals surface area contributed by atoms with Crippen LogP contribution in [0.2, 0.25) is 0 Å². The zero-order valence-electron chi connectivity index (χ0n) is 10.4. The van der Waals surface area contributed by atoms with Crippen LogP contribution < -0.4 is 5.32 Å². The van der Waals surface area contributed by atoms with Crippen molar-refractivity contribution in [2.45, 2.75) is 12.7 Å². The molecule has 0 atom stereocenters. The van der Waals surface area contributed by atoms with Gasteiger partial charge in [0.15, 0.2) is 0 Å². The van der Waals surface area contributed by atoms with Crippen molar-refractivity contribution in [2.24, 2.45) is 0 Å². The van der Waals surface area contributed by atoms with Gasteiger partial charge in [-0.15, -0.1) is 0 Å². The highest BCUT2D eigenvalue weighted by Gasteiger charge is 2.27. The molecule has 2 aromatic rings. The highest BCUT2D eigenvalue weighted by Crippen LogP contribution is 2.16. The summed E-state index contributed by atoms with van der Waals surface area (Å²) in [6, 6.07) is 9.10. The van der Waals surface area contributed by atoms with Gasteiger partial charge in [-0.25, -0.2) is 4.98 Å². The number of aromatic nitrogens is 2. The summed E-state index contributed by atoms with van der Waals surface area (Å²) in [5.41, 5.74) is 0.793. The van der Waals surface area contributed by atoms with Gasteiger partial charge >= 0.3 is 6.18 Å². The Morgan fingerprint density at radius 3 is 2.60 bits per heavy atom. The van der Waals surface area contributed by atoms with Gasteiger partial charge in [-0.3, -0.25) is 4.79 Å². The zero-order chi connectivity index (χ0) is 14.6. The van der Waals surface area contributed by atoms with Crippen LogP contribution in [0, 0.1) is 0 Å². The molecule has 0 saturated carbocycles.